The number of Topliss-reactive ketones (excluding diaryl/α,β-unsaturated/α-hetero) is 1. The van der Waals surface area contributed by atoms with Crippen molar-refractivity contribution in [2.45, 2.75) is 33.8 Å². The molecular formula is C24H24N2O5. The number of nitrogens with one attached hydrogen (secondary N) is 2. The molecule has 0 aliphatic carbocycles. The Morgan fingerprint density at radius 1 is 0.935 bits per heavy atom. The average molecular weight is 420 g/mol. The summed E-state index contributed by atoms with van der Waals surface area (Å²) in [5.74, 6) is 0.0288. The first-order valence-electron chi connectivity index (χ1n) is 9.81. The minimum absolute atomic E-state index is 0.143. The molecule has 0 spiro atoms. The number of carbonyl (C=O) groups excluding carboxylic acids is 3. The van der Waals surface area contributed by atoms with Crippen LogP contribution in [0.3, 0.4) is 0 Å². The zero-order chi connectivity index (χ0) is 22.5. The molecule has 1 heterocycles. The number of amides is 1. The predicted molar refractivity (Wildman–Crippen MR) is 117 cm³/mol. The lowest BCUT2D eigenvalue weighted by atomic mass is 10.1. The summed E-state index contributed by atoms with van der Waals surface area (Å²) >= 11 is 0. The lowest BCUT2D eigenvalue weighted by Crippen LogP contribution is -2.30. The number of para-hydroxylation sites is 1. The van der Waals surface area contributed by atoms with Gasteiger partial charge in [-0.1, -0.05) is 18.2 Å². The largest absolute Gasteiger partial charge is 0.457 e. The second-order valence-electron chi connectivity index (χ2n) is 7.16. The van der Waals surface area contributed by atoms with Crippen molar-refractivity contribution in [3.05, 3.63) is 77.1 Å². The molecule has 0 unspecified atom stereocenters. The van der Waals surface area contributed by atoms with Crippen molar-refractivity contribution >= 4 is 23.3 Å². The molecule has 1 amide bonds. The molecule has 0 radical (unpaired) electrons. The molecule has 0 aliphatic rings. The number of hydrogen-bond donors (Lipinski definition) is 2. The Morgan fingerprint density at radius 3 is 2.13 bits per heavy atom. The van der Waals surface area contributed by atoms with Crippen LogP contribution in [0.4, 0.5) is 5.69 Å². The summed E-state index contributed by atoms with van der Waals surface area (Å²) in [6, 6.07) is 16.2. The minimum Gasteiger partial charge on any atom is -0.457 e. The van der Waals surface area contributed by atoms with Gasteiger partial charge in [0, 0.05) is 16.9 Å². The molecular weight excluding hydrogens is 396 g/mol. The van der Waals surface area contributed by atoms with Gasteiger partial charge in [-0.2, -0.15) is 0 Å². The van der Waals surface area contributed by atoms with E-state index in [-0.39, 0.29) is 11.5 Å². The van der Waals surface area contributed by atoms with Crippen molar-refractivity contribution in [2.24, 2.45) is 0 Å². The van der Waals surface area contributed by atoms with Crippen LogP contribution in [0, 0.1) is 13.8 Å². The van der Waals surface area contributed by atoms with E-state index < -0.39 is 18.0 Å². The van der Waals surface area contributed by atoms with E-state index >= 15 is 0 Å². The van der Waals surface area contributed by atoms with Crippen molar-refractivity contribution in [1.82, 2.24) is 4.98 Å². The molecule has 2 N–H and O–H groups in total. The van der Waals surface area contributed by atoms with Gasteiger partial charge in [0.25, 0.3) is 5.91 Å². The lowest BCUT2D eigenvalue weighted by molar-refractivity contribution is -0.123. The van der Waals surface area contributed by atoms with Crippen LogP contribution < -0.4 is 10.1 Å². The van der Waals surface area contributed by atoms with Gasteiger partial charge in [-0.3, -0.25) is 9.59 Å². The topological polar surface area (TPSA) is 97.5 Å². The van der Waals surface area contributed by atoms with E-state index in [0.29, 0.717) is 34.0 Å². The minimum atomic E-state index is -1.03. The highest BCUT2D eigenvalue weighted by atomic mass is 16.5. The van der Waals surface area contributed by atoms with Gasteiger partial charge in [0.05, 0.1) is 0 Å². The third kappa shape index (κ3) is 5.19. The smallest absolute Gasteiger partial charge is 0.355 e. The molecule has 7 heteroatoms. The fourth-order valence-electron chi connectivity index (χ4n) is 3.23. The van der Waals surface area contributed by atoms with Crippen molar-refractivity contribution < 1.29 is 23.9 Å². The van der Waals surface area contributed by atoms with Gasteiger partial charge < -0.3 is 19.8 Å². The number of aromatic amines is 1. The van der Waals surface area contributed by atoms with Gasteiger partial charge in [-0.25, -0.2) is 4.79 Å². The van der Waals surface area contributed by atoms with Crippen LogP contribution in [0.25, 0.3) is 0 Å². The van der Waals surface area contributed by atoms with Crippen molar-refractivity contribution in [3.8, 4) is 11.5 Å². The number of anilines is 1. The standard InChI is InChI=1S/C24H24N2O5/c1-14-21(16(3)27)15(2)25-22(14)24(29)30-17(4)23(28)26-18-10-12-20(13-11-18)31-19-8-6-5-7-9-19/h5-13,17,25H,1-4H3,(H,26,28)/t17-/m0/s1. The normalized spacial score (nSPS) is 11.5. The molecule has 0 fully saturated rings. The van der Waals surface area contributed by atoms with Crippen LogP contribution in [0.5, 0.6) is 11.5 Å². The highest BCUT2D eigenvalue weighted by Gasteiger charge is 2.24. The Balaban J connectivity index is 1.60. The number of ketones is 1. The predicted octanol–water partition coefficient (Wildman–Crippen LogP) is 4.81. The monoisotopic (exact) mass is 420 g/mol. The van der Waals surface area contributed by atoms with Gasteiger partial charge >= 0.3 is 5.97 Å². The van der Waals surface area contributed by atoms with Gasteiger partial charge in [-0.15, -0.1) is 0 Å². The van der Waals surface area contributed by atoms with Crippen molar-refractivity contribution in [2.75, 3.05) is 5.32 Å². The SMILES string of the molecule is CC(=O)c1c(C)[nH]c(C(=O)O[C@@H](C)C(=O)Nc2ccc(Oc3ccccc3)cc2)c1C. The molecule has 2 aromatic carbocycles. The Kier molecular flexibility index (Phi) is 6.55. The van der Waals surface area contributed by atoms with Gasteiger partial charge in [0.1, 0.15) is 17.2 Å². The number of rotatable bonds is 7. The van der Waals surface area contributed by atoms with Gasteiger partial charge in [0.2, 0.25) is 0 Å². The summed E-state index contributed by atoms with van der Waals surface area (Å²) < 4.78 is 11.0. The zero-order valence-electron chi connectivity index (χ0n) is 17.8. The van der Waals surface area contributed by atoms with Gasteiger partial charge in [0.15, 0.2) is 11.9 Å². The van der Waals surface area contributed by atoms with Crippen molar-refractivity contribution in [1.29, 1.82) is 0 Å². The second-order valence-corrected chi connectivity index (χ2v) is 7.16. The van der Waals surface area contributed by atoms with Crippen molar-refractivity contribution in [3.63, 3.8) is 0 Å². The molecule has 160 valence electrons. The van der Waals surface area contributed by atoms with Crippen LogP contribution in [0.2, 0.25) is 0 Å². The van der Waals surface area contributed by atoms with Crippen LogP contribution in [-0.4, -0.2) is 28.7 Å². The van der Waals surface area contributed by atoms with Crippen LogP contribution in [-0.2, 0) is 9.53 Å². The lowest BCUT2D eigenvalue weighted by Gasteiger charge is -2.14. The maximum absolute atomic E-state index is 12.5. The molecule has 1 aromatic heterocycles. The van der Waals surface area contributed by atoms with Gasteiger partial charge in [-0.05, 0) is 69.7 Å². The van der Waals surface area contributed by atoms with E-state index in [1.165, 1.54) is 13.8 Å². The van der Waals surface area contributed by atoms with E-state index in [4.69, 9.17) is 9.47 Å². The Hall–Kier alpha value is -3.87. The third-order valence-corrected chi connectivity index (χ3v) is 4.75. The molecule has 0 bridgehead atoms. The molecule has 31 heavy (non-hydrogen) atoms. The first-order valence-corrected chi connectivity index (χ1v) is 9.81. The van der Waals surface area contributed by atoms with E-state index in [1.807, 2.05) is 30.3 Å². The van der Waals surface area contributed by atoms with E-state index in [0.717, 1.165) is 0 Å². The molecule has 0 saturated heterocycles. The number of aryl methyl sites for hydroxylation is 1. The van der Waals surface area contributed by atoms with E-state index in [1.54, 1.807) is 38.1 Å². The maximum Gasteiger partial charge on any atom is 0.355 e. The quantitative estimate of drug-likeness (QED) is 0.422. The fraction of sp³-hybridized carbons (Fsp3) is 0.208. The highest BCUT2D eigenvalue weighted by Crippen LogP contribution is 2.23. The van der Waals surface area contributed by atoms with Crippen LogP contribution in [0.1, 0.15) is 46.0 Å². The average Bonchev–Trinajstić information content (AvgIpc) is 3.04. The number of ether oxygens (including phenoxy) is 2. The Labute approximate surface area is 180 Å². The third-order valence-electron chi connectivity index (χ3n) is 4.75. The molecule has 0 saturated carbocycles. The molecule has 1 atom stereocenters. The number of aromatic nitrogens is 1. The Bertz CT molecular complexity index is 1100. The molecule has 3 aromatic rings. The zero-order valence-corrected chi connectivity index (χ0v) is 17.8. The fourth-order valence-corrected chi connectivity index (χ4v) is 3.23. The van der Waals surface area contributed by atoms with E-state index in [2.05, 4.69) is 10.3 Å². The molecule has 3 rings (SSSR count). The van der Waals surface area contributed by atoms with Crippen LogP contribution in [0.15, 0.2) is 54.6 Å². The summed E-state index contributed by atoms with van der Waals surface area (Å²) in [4.78, 5) is 39.5. The summed E-state index contributed by atoms with van der Waals surface area (Å²) in [6.07, 6.45) is -1.03. The maximum atomic E-state index is 12.5. The second kappa shape index (κ2) is 9.30. The molecule has 7 nitrogen and oxygen atoms in total. The summed E-state index contributed by atoms with van der Waals surface area (Å²) in [7, 11) is 0. The number of H-pyrrole nitrogens is 1. The number of carbonyl (C=O) groups is 3. The number of hydrogen-bond acceptors (Lipinski definition) is 5. The number of benzene rings is 2. The molecule has 0 aliphatic heterocycles. The van der Waals surface area contributed by atoms with Crippen LogP contribution >= 0.6 is 0 Å². The first kappa shape index (κ1) is 21.8. The summed E-state index contributed by atoms with van der Waals surface area (Å²) in [5.41, 5.74) is 2.27. The summed E-state index contributed by atoms with van der Waals surface area (Å²) in [5, 5.41) is 2.70. The first-order chi connectivity index (χ1) is 14.8. The summed E-state index contributed by atoms with van der Waals surface area (Å²) in [6.45, 7) is 6.30. The highest BCUT2D eigenvalue weighted by molar-refractivity contribution is 6.02. The Morgan fingerprint density at radius 2 is 1.55 bits per heavy atom. The number of esters is 1. The van der Waals surface area contributed by atoms with E-state index in [9.17, 15) is 14.4 Å².